The number of aryl methyl sites for hydroxylation is 3. The summed E-state index contributed by atoms with van der Waals surface area (Å²) in [6.45, 7) is 6.04. The summed E-state index contributed by atoms with van der Waals surface area (Å²) in [5.41, 5.74) is 3.78. The molecule has 16 heavy (non-hydrogen) atoms. The van der Waals surface area contributed by atoms with Crippen molar-refractivity contribution < 1.29 is 10.2 Å². The van der Waals surface area contributed by atoms with Crippen LogP contribution >= 0.6 is 0 Å². The minimum absolute atomic E-state index is 0.592. The van der Waals surface area contributed by atoms with E-state index in [0.717, 1.165) is 6.42 Å². The predicted octanol–water partition coefficient (Wildman–Crippen LogP) is 2.37. The zero-order chi connectivity index (χ0) is 12.1. The highest BCUT2D eigenvalue weighted by molar-refractivity contribution is 5.30. The highest BCUT2D eigenvalue weighted by atomic mass is 16.3. The van der Waals surface area contributed by atoms with Gasteiger partial charge in [0.2, 0.25) is 0 Å². The molecule has 1 aromatic rings. The Kier molecular flexibility index (Phi) is 4.97. The van der Waals surface area contributed by atoms with Gasteiger partial charge in [0.15, 0.2) is 0 Å². The molecule has 90 valence electrons. The first-order valence-corrected chi connectivity index (χ1v) is 5.96. The predicted molar refractivity (Wildman–Crippen MR) is 66.5 cm³/mol. The van der Waals surface area contributed by atoms with Crippen molar-refractivity contribution in [2.24, 2.45) is 0 Å². The molecule has 0 amide bonds. The van der Waals surface area contributed by atoms with Gasteiger partial charge in [-0.2, -0.15) is 0 Å². The maximum Gasteiger partial charge on any atom is 0.0802 e. The molecule has 0 saturated carbocycles. The lowest BCUT2D eigenvalue weighted by atomic mass is 9.98. The van der Waals surface area contributed by atoms with Crippen molar-refractivity contribution in [3.8, 4) is 0 Å². The fourth-order valence-corrected chi connectivity index (χ4v) is 1.89. The van der Waals surface area contributed by atoms with Gasteiger partial charge in [0, 0.05) is 0 Å². The van der Waals surface area contributed by atoms with Crippen LogP contribution in [0.25, 0.3) is 0 Å². The van der Waals surface area contributed by atoms with Gasteiger partial charge in [-0.25, -0.2) is 0 Å². The monoisotopic (exact) mass is 222 g/mol. The Labute approximate surface area is 97.9 Å². The average Bonchev–Trinajstić information content (AvgIpc) is 2.26. The molecule has 0 saturated heterocycles. The summed E-state index contributed by atoms with van der Waals surface area (Å²) < 4.78 is 0. The molecule has 0 fully saturated rings. The smallest absolute Gasteiger partial charge is 0.0802 e. The standard InChI is InChI=1S/C14H22O2/c1-4-13(15)14(16)8-7-12-6-5-10(2)9-11(12)3/h5-6,9,13-16H,4,7-8H2,1-3H3. The first-order valence-electron chi connectivity index (χ1n) is 5.96. The maximum absolute atomic E-state index is 9.67. The minimum Gasteiger partial charge on any atom is -0.390 e. The molecule has 0 spiro atoms. The fourth-order valence-electron chi connectivity index (χ4n) is 1.89. The molecule has 0 aliphatic carbocycles. The largest absolute Gasteiger partial charge is 0.390 e. The van der Waals surface area contributed by atoms with E-state index < -0.39 is 12.2 Å². The SMILES string of the molecule is CCC(O)C(O)CCc1ccc(C)cc1C. The number of aliphatic hydroxyl groups excluding tert-OH is 2. The van der Waals surface area contributed by atoms with Gasteiger partial charge in [-0.1, -0.05) is 30.7 Å². The maximum atomic E-state index is 9.67. The molecule has 0 radical (unpaired) electrons. The average molecular weight is 222 g/mol. The summed E-state index contributed by atoms with van der Waals surface area (Å²) in [6, 6.07) is 6.35. The third-order valence-corrected chi connectivity index (χ3v) is 3.07. The van der Waals surface area contributed by atoms with Crippen LogP contribution in [0.1, 0.15) is 36.5 Å². The molecule has 2 atom stereocenters. The second-order valence-corrected chi connectivity index (χ2v) is 4.51. The summed E-state index contributed by atoms with van der Waals surface area (Å²) in [4.78, 5) is 0. The van der Waals surface area contributed by atoms with Crippen molar-refractivity contribution in [3.05, 3.63) is 34.9 Å². The molecule has 2 nitrogen and oxygen atoms in total. The highest BCUT2D eigenvalue weighted by Gasteiger charge is 2.14. The topological polar surface area (TPSA) is 40.5 Å². The number of rotatable bonds is 5. The third-order valence-electron chi connectivity index (χ3n) is 3.07. The van der Waals surface area contributed by atoms with Gasteiger partial charge in [0.05, 0.1) is 12.2 Å². The normalized spacial score (nSPS) is 14.8. The molecule has 0 bridgehead atoms. The van der Waals surface area contributed by atoms with E-state index in [1.807, 2.05) is 6.92 Å². The summed E-state index contributed by atoms with van der Waals surface area (Å²) in [6.07, 6.45) is 0.855. The lowest BCUT2D eigenvalue weighted by molar-refractivity contribution is 0.0130. The van der Waals surface area contributed by atoms with Gasteiger partial charge in [0.1, 0.15) is 0 Å². The van der Waals surface area contributed by atoms with E-state index in [2.05, 4.69) is 32.0 Å². The van der Waals surface area contributed by atoms with Crippen LogP contribution < -0.4 is 0 Å². The summed E-state index contributed by atoms with van der Waals surface area (Å²) in [5, 5.41) is 19.1. The van der Waals surface area contributed by atoms with Gasteiger partial charge in [0.25, 0.3) is 0 Å². The van der Waals surface area contributed by atoms with Gasteiger partial charge >= 0.3 is 0 Å². The fraction of sp³-hybridized carbons (Fsp3) is 0.571. The second-order valence-electron chi connectivity index (χ2n) is 4.51. The van der Waals surface area contributed by atoms with Crippen LogP contribution in [-0.2, 0) is 6.42 Å². The molecule has 2 heteroatoms. The zero-order valence-corrected chi connectivity index (χ0v) is 10.4. The Morgan fingerprint density at radius 1 is 1.12 bits per heavy atom. The lowest BCUT2D eigenvalue weighted by Gasteiger charge is -2.16. The van der Waals surface area contributed by atoms with Crippen LogP contribution in [0.5, 0.6) is 0 Å². The van der Waals surface area contributed by atoms with Gasteiger partial charge in [-0.05, 0) is 44.2 Å². The van der Waals surface area contributed by atoms with Crippen molar-refractivity contribution in [3.63, 3.8) is 0 Å². The van der Waals surface area contributed by atoms with Crippen LogP contribution in [0, 0.1) is 13.8 Å². The zero-order valence-electron chi connectivity index (χ0n) is 10.4. The molecule has 0 aliphatic rings. The van der Waals surface area contributed by atoms with Crippen LogP contribution in [0.3, 0.4) is 0 Å². The third kappa shape index (κ3) is 3.62. The number of benzene rings is 1. The van der Waals surface area contributed by atoms with Crippen LogP contribution in [0.15, 0.2) is 18.2 Å². The number of hydrogen-bond acceptors (Lipinski definition) is 2. The minimum atomic E-state index is -0.606. The summed E-state index contributed by atoms with van der Waals surface area (Å²) in [7, 11) is 0. The van der Waals surface area contributed by atoms with Crippen LogP contribution in [-0.4, -0.2) is 22.4 Å². The van der Waals surface area contributed by atoms with Crippen molar-refractivity contribution in [2.75, 3.05) is 0 Å². The van der Waals surface area contributed by atoms with Crippen molar-refractivity contribution >= 4 is 0 Å². The van der Waals surface area contributed by atoms with Gasteiger partial charge < -0.3 is 10.2 Å². The summed E-state index contributed by atoms with van der Waals surface area (Å²) in [5.74, 6) is 0. The Bertz CT molecular complexity index is 334. The Morgan fingerprint density at radius 3 is 2.38 bits per heavy atom. The Balaban J connectivity index is 2.54. The molecular weight excluding hydrogens is 200 g/mol. The van der Waals surface area contributed by atoms with E-state index in [0.29, 0.717) is 12.8 Å². The molecule has 1 aromatic carbocycles. The van der Waals surface area contributed by atoms with E-state index in [1.54, 1.807) is 0 Å². The van der Waals surface area contributed by atoms with Gasteiger partial charge in [-0.15, -0.1) is 0 Å². The van der Waals surface area contributed by atoms with Crippen LogP contribution in [0.4, 0.5) is 0 Å². The van der Waals surface area contributed by atoms with E-state index >= 15 is 0 Å². The highest BCUT2D eigenvalue weighted by Crippen LogP contribution is 2.14. The molecule has 2 N–H and O–H groups in total. The number of hydrogen-bond donors (Lipinski definition) is 2. The lowest BCUT2D eigenvalue weighted by Crippen LogP contribution is -2.25. The molecule has 0 aliphatic heterocycles. The van der Waals surface area contributed by atoms with Crippen molar-refractivity contribution in [1.82, 2.24) is 0 Å². The van der Waals surface area contributed by atoms with E-state index in [1.165, 1.54) is 16.7 Å². The summed E-state index contributed by atoms with van der Waals surface area (Å²) >= 11 is 0. The van der Waals surface area contributed by atoms with Crippen LogP contribution in [0.2, 0.25) is 0 Å². The van der Waals surface area contributed by atoms with E-state index in [4.69, 9.17) is 0 Å². The first-order chi connectivity index (χ1) is 7.54. The second kappa shape index (κ2) is 6.02. The molecule has 1 rings (SSSR count). The number of aliphatic hydroxyl groups is 2. The molecule has 2 unspecified atom stereocenters. The van der Waals surface area contributed by atoms with Gasteiger partial charge in [-0.3, -0.25) is 0 Å². The molecule has 0 aromatic heterocycles. The quantitative estimate of drug-likeness (QED) is 0.803. The van der Waals surface area contributed by atoms with E-state index in [9.17, 15) is 10.2 Å². The van der Waals surface area contributed by atoms with E-state index in [-0.39, 0.29) is 0 Å². The van der Waals surface area contributed by atoms with Crippen molar-refractivity contribution in [1.29, 1.82) is 0 Å². The molecular formula is C14H22O2. The molecule has 0 heterocycles. The Hall–Kier alpha value is -0.860. The van der Waals surface area contributed by atoms with Crippen molar-refractivity contribution in [2.45, 2.75) is 52.2 Å². The first kappa shape index (κ1) is 13.2. The Morgan fingerprint density at radius 2 is 1.81 bits per heavy atom.